The van der Waals surface area contributed by atoms with E-state index in [1.165, 1.54) is 16.2 Å². The highest BCUT2D eigenvalue weighted by atomic mass is 32.1. The molecular formula is C24H31NO5S. The highest BCUT2D eigenvalue weighted by Gasteiger charge is 2.26. The molecule has 31 heavy (non-hydrogen) atoms. The first-order chi connectivity index (χ1) is 15.1. The van der Waals surface area contributed by atoms with Gasteiger partial charge in [-0.3, -0.25) is 4.79 Å². The molecule has 6 nitrogen and oxygen atoms in total. The van der Waals surface area contributed by atoms with E-state index >= 15 is 0 Å². The molecule has 1 amide bonds. The lowest BCUT2D eigenvalue weighted by atomic mass is 10.1. The van der Waals surface area contributed by atoms with Crippen LogP contribution in [-0.2, 0) is 28.8 Å². The van der Waals surface area contributed by atoms with Gasteiger partial charge < -0.3 is 19.5 Å². The Labute approximate surface area is 187 Å². The number of hydrogen-bond acceptors (Lipinski definition) is 6. The Morgan fingerprint density at radius 1 is 0.968 bits per heavy atom. The molecule has 1 aromatic carbocycles. The minimum absolute atomic E-state index is 0.173. The van der Waals surface area contributed by atoms with Crippen molar-refractivity contribution in [3.63, 3.8) is 0 Å². The van der Waals surface area contributed by atoms with Crippen molar-refractivity contribution < 1.29 is 23.8 Å². The third-order valence-corrected chi connectivity index (χ3v) is 6.33. The van der Waals surface area contributed by atoms with Crippen LogP contribution < -0.4 is 14.8 Å². The van der Waals surface area contributed by atoms with Crippen LogP contribution >= 0.6 is 11.3 Å². The van der Waals surface area contributed by atoms with E-state index in [0.29, 0.717) is 41.9 Å². The minimum Gasteiger partial charge on any atom is -0.490 e. The van der Waals surface area contributed by atoms with Crippen LogP contribution in [0.1, 0.15) is 66.4 Å². The summed E-state index contributed by atoms with van der Waals surface area (Å²) < 4.78 is 16.5. The number of anilines is 1. The van der Waals surface area contributed by atoms with Gasteiger partial charge in [-0.25, -0.2) is 4.79 Å². The molecule has 1 aromatic heterocycles. The largest absolute Gasteiger partial charge is 0.490 e. The second-order valence-electron chi connectivity index (χ2n) is 7.36. The van der Waals surface area contributed by atoms with E-state index in [2.05, 4.69) is 5.32 Å². The van der Waals surface area contributed by atoms with Gasteiger partial charge in [0, 0.05) is 4.88 Å². The molecule has 1 aliphatic carbocycles. The molecule has 7 heteroatoms. The fraction of sp³-hybridized carbons (Fsp3) is 0.500. The number of rotatable bonds is 9. The first-order valence-electron chi connectivity index (χ1n) is 11.1. The molecule has 0 saturated carbocycles. The Morgan fingerprint density at radius 3 is 2.45 bits per heavy atom. The number of amides is 1. The topological polar surface area (TPSA) is 73.9 Å². The first kappa shape index (κ1) is 23.1. The Kier molecular flexibility index (Phi) is 8.35. The van der Waals surface area contributed by atoms with Gasteiger partial charge >= 0.3 is 5.97 Å². The number of benzene rings is 1. The highest BCUT2D eigenvalue weighted by molar-refractivity contribution is 7.17. The molecule has 1 N–H and O–H groups in total. The average molecular weight is 446 g/mol. The second kappa shape index (κ2) is 11.2. The van der Waals surface area contributed by atoms with E-state index < -0.39 is 0 Å². The SMILES string of the molecule is CCOC(=O)c1c(NC(=O)Cc2ccc(OCC)c(OCC)c2)sc2c1CCCCC2. The van der Waals surface area contributed by atoms with E-state index in [1.807, 2.05) is 32.0 Å². The highest BCUT2D eigenvalue weighted by Crippen LogP contribution is 2.38. The molecule has 1 heterocycles. The van der Waals surface area contributed by atoms with Crippen molar-refractivity contribution in [2.45, 2.75) is 59.3 Å². The number of esters is 1. The maximum absolute atomic E-state index is 12.8. The second-order valence-corrected chi connectivity index (χ2v) is 8.47. The molecule has 0 bridgehead atoms. The summed E-state index contributed by atoms with van der Waals surface area (Å²) in [5.74, 6) is 0.773. The van der Waals surface area contributed by atoms with Crippen LogP contribution in [0.5, 0.6) is 11.5 Å². The van der Waals surface area contributed by atoms with Gasteiger partial charge in [-0.1, -0.05) is 12.5 Å². The van der Waals surface area contributed by atoms with Crippen molar-refractivity contribution in [1.29, 1.82) is 0 Å². The maximum Gasteiger partial charge on any atom is 0.341 e. The summed E-state index contributed by atoms with van der Waals surface area (Å²) in [5, 5.41) is 3.58. The lowest BCUT2D eigenvalue weighted by Gasteiger charge is -2.12. The molecule has 168 valence electrons. The molecule has 0 spiro atoms. The number of fused-ring (bicyclic) bond motifs is 1. The van der Waals surface area contributed by atoms with Crippen molar-refractivity contribution in [1.82, 2.24) is 0 Å². The van der Waals surface area contributed by atoms with E-state index in [0.717, 1.165) is 43.2 Å². The number of ether oxygens (including phenoxy) is 3. The lowest BCUT2D eigenvalue weighted by molar-refractivity contribution is -0.115. The van der Waals surface area contributed by atoms with Crippen LogP contribution in [0, 0.1) is 0 Å². The molecule has 0 atom stereocenters. The van der Waals surface area contributed by atoms with Gasteiger partial charge in [0.25, 0.3) is 0 Å². The summed E-state index contributed by atoms with van der Waals surface area (Å²) in [4.78, 5) is 26.7. The van der Waals surface area contributed by atoms with Gasteiger partial charge in [0.15, 0.2) is 11.5 Å². The number of carbonyl (C=O) groups is 2. The van der Waals surface area contributed by atoms with Gasteiger partial charge in [0.05, 0.1) is 31.8 Å². The summed E-state index contributed by atoms with van der Waals surface area (Å²) in [6, 6.07) is 5.53. The van der Waals surface area contributed by atoms with Crippen LogP contribution in [0.15, 0.2) is 18.2 Å². The third kappa shape index (κ3) is 5.79. The maximum atomic E-state index is 12.8. The van der Waals surface area contributed by atoms with Crippen LogP contribution in [0.3, 0.4) is 0 Å². The van der Waals surface area contributed by atoms with Gasteiger partial charge in [-0.05, 0) is 69.7 Å². The van der Waals surface area contributed by atoms with Crippen molar-refractivity contribution in [3.8, 4) is 11.5 Å². The van der Waals surface area contributed by atoms with Crippen molar-refractivity contribution in [3.05, 3.63) is 39.8 Å². The lowest BCUT2D eigenvalue weighted by Crippen LogP contribution is -2.17. The van der Waals surface area contributed by atoms with E-state index in [-0.39, 0.29) is 18.3 Å². The number of thiophene rings is 1. The van der Waals surface area contributed by atoms with Crippen LogP contribution in [0.4, 0.5) is 5.00 Å². The molecular weight excluding hydrogens is 414 g/mol. The van der Waals surface area contributed by atoms with Crippen LogP contribution in [0.2, 0.25) is 0 Å². The van der Waals surface area contributed by atoms with Crippen molar-refractivity contribution in [2.75, 3.05) is 25.1 Å². The summed E-state index contributed by atoms with van der Waals surface area (Å²) >= 11 is 1.51. The summed E-state index contributed by atoms with van der Waals surface area (Å²) in [7, 11) is 0. The van der Waals surface area contributed by atoms with Crippen LogP contribution in [-0.4, -0.2) is 31.7 Å². The quantitative estimate of drug-likeness (QED) is 0.426. The standard InChI is InChI=1S/C24H31NO5S/c1-4-28-18-13-12-16(14-19(18)29-5-2)15-21(26)25-23-22(24(27)30-6-3)17-10-8-7-9-11-20(17)31-23/h12-14H,4-11,15H2,1-3H3,(H,25,26). The zero-order valence-electron chi connectivity index (χ0n) is 18.5. The predicted molar refractivity (Wildman–Crippen MR) is 123 cm³/mol. The summed E-state index contributed by atoms with van der Waals surface area (Å²) in [6.45, 7) is 6.99. The molecule has 3 rings (SSSR count). The molecule has 1 aliphatic rings. The Bertz CT molecular complexity index is 921. The molecule has 0 unspecified atom stereocenters. The monoisotopic (exact) mass is 445 g/mol. The molecule has 0 aliphatic heterocycles. The third-order valence-electron chi connectivity index (χ3n) is 5.13. The predicted octanol–water partition coefficient (Wildman–Crippen LogP) is 5.17. The number of nitrogens with one attached hydrogen (secondary N) is 1. The minimum atomic E-state index is -0.350. The van der Waals surface area contributed by atoms with Gasteiger partial charge in [-0.15, -0.1) is 11.3 Å². The number of hydrogen-bond donors (Lipinski definition) is 1. The fourth-order valence-electron chi connectivity index (χ4n) is 3.81. The molecule has 0 radical (unpaired) electrons. The number of carbonyl (C=O) groups excluding carboxylic acids is 2. The van der Waals surface area contributed by atoms with Crippen LogP contribution in [0.25, 0.3) is 0 Å². The first-order valence-corrected chi connectivity index (χ1v) is 11.9. The van der Waals surface area contributed by atoms with Crippen molar-refractivity contribution >= 4 is 28.2 Å². The average Bonchev–Trinajstić information content (AvgIpc) is 2.90. The van der Waals surface area contributed by atoms with Gasteiger partial charge in [0.2, 0.25) is 5.91 Å². The van der Waals surface area contributed by atoms with Gasteiger partial charge in [0.1, 0.15) is 5.00 Å². The molecule has 0 saturated heterocycles. The molecule has 0 fully saturated rings. The van der Waals surface area contributed by atoms with Crippen molar-refractivity contribution in [2.24, 2.45) is 0 Å². The molecule has 2 aromatic rings. The Morgan fingerprint density at radius 2 is 1.71 bits per heavy atom. The van der Waals surface area contributed by atoms with Gasteiger partial charge in [-0.2, -0.15) is 0 Å². The number of aryl methyl sites for hydroxylation is 1. The summed E-state index contributed by atoms with van der Waals surface area (Å²) in [6.07, 6.45) is 5.29. The van der Waals surface area contributed by atoms with E-state index in [1.54, 1.807) is 6.92 Å². The van der Waals surface area contributed by atoms with E-state index in [9.17, 15) is 9.59 Å². The normalized spacial score (nSPS) is 13.1. The Balaban J connectivity index is 1.80. The van der Waals surface area contributed by atoms with E-state index in [4.69, 9.17) is 14.2 Å². The Hall–Kier alpha value is -2.54. The summed E-state index contributed by atoms with van der Waals surface area (Å²) in [5.41, 5.74) is 2.41. The zero-order valence-corrected chi connectivity index (χ0v) is 19.4. The zero-order chi connectivity index (χ0) is 22.2. The smallest absolute Gasteiger partial charge is 0.341 e. The fourth-order valence-corrected chi connectivity index (χ4v) is 5.11.